The molecule has 1 unspecified atom stereocenters. The molecule has 14 heavy (non-hydrogen) atoms. The van der Waals surface area contributed by atoms with Crippen molar-refractivity contribution in [1.29, 1.82) is 0 Å². The lowest BCUT2D eigenvalue weighted by Crippen LogP contribution is -2.25. The Balaban J connectivity index is 1.99. The summed E-state index contributed by atoms with van der Waals surface area (Å²) in [6, 6.07) is 0. The third kappa shape index (κ3) is 4.83. The van der Waals surface area contributed by atoms with Crippen LogP contribution in [-0.2, 0) is 14.6 Å². The highest BCUT2D eigenvalue weighted by Gasteiger charge is 2.15. The highest BCUT2D eigenvalue weighted by Crippen LogP contribution is 2.19. The normalized spacial score (nSPS) is 21.9. The molecule has 0 aromatic rings. The topological polar surface area (TPSA) is 47.6 Å². The minimum absolute atomic E-state index is 0.132. The Morgan fingerprint density at radius 1 is 1.57 bits per heavy atom. The summed E-state index contributed by atoms with van der Waals surface area (Å²) in [4.78, 5) is 20.7. The van der Waals surface area contributed by atoms with Crippen molar-refractivity contribution in [2.24, 2.45) is 0 Å². The molecule has 1 rings (SSSR count). The van der Waals surface area contributed by atoms with E-state index in [1.807, 2.05) is 6.92 Å². The zero-order valence-electron chi connectivity index (χ0n) is 8.45. The van der Waals surface area contributed by atoms with E-state index >= 15 is 0 Å². The van der Waals surface area contributed by atoms with Crippen molar-refractivity contribution in [3.8, 4) is 0 Å². The minimum atomic E-state index is 0.132. The molecule has 0 saturated carbocycles. The molecule has 1 heterocycles. The molecule has 1 fully saturated rings. The average Bonchev–Trinajstić information content (AvgIpc) is 2.20. The van der Waals surface area contributed by atoms with Crippen LogP contribution in [0.2, 0.25) is 0 Å². The molecular weight excluding hydrogens is 202 g/mol. The molecule has 0 radical (unpaired) electrons. The van der Waals surface area contributed by atoms with Crippen LogP contribution < -0.4 is 5.32 Å². The van der Waals surface area contributed by atoms with Crippen LogP contribution in [0.3, 0.4) is 0 Å². The SMILES string of the molecule is CCNC(=O)CCSC1CCOOC1. The standard InChI is InChI=1S/C9H17NO3S/c1-2-10-9(11)4-6-14-8-3-5-12-13-7-8/h8H,2-7H2,1H3,(H,10,11). The summed E-state index contributed by atoms with van der Waals surface area (Å²) in [6.45, 7) is 3.94. The molecule has 1 atom stereocenters. The van der Waals surface area contributed by atoms with Crippen molar-refractivity contribution in [3.05, 3.63) is 0 Å². The fourth-order valence-electron chi connectivity index (χ4n) is 1.18. The summed E-state index contributed by atoms with van der Waals surface area (Å²) in [5.41, 5.74) is 0. The van der Waals surface area contributed by atoms with Crippen LogP contribution >= 0.6 is 11.8 Å². The van der Waals surface area contributed by atoms with Gasteiger partial charge in [0, 0.05) is 24.0 Å². The largest absolute Gasteiger partial charge is 0.356 e. The van der Waals surface area contributed by atoms with E-state index in [9.17, 15) is 4.79 Å². The summed E-state index contributed by atoms with van der Waals surface area (Å²) < 4.78 is 0. The van der Waals surface area contributed by atoms with Gasteiger partial charge >= 0.3 is 0 Å². The summed E-state index contributed by atoms with van der Waals surface area (Å²) in [7, 11) is 0. The van der Waals surface area contributed by atoms with Crippen molar-refractivity contribution in [2.45, 2.75) is 25.0 Å². The number of hydrogen-bond donors (Lipinski definition) is 1. The Morgan fingerprint density at radius 3 is 3.07 bits per heavy atom. The fourth-order valence-corrected chi connectivity index (χ4v) is 2.23. The highest BCUT2D eigenvalue weighted by molar-refractivity contribution is 7.99. The number of carbonyl (C=O) groups is 1. The third-order valence-electron chi connectivity index (χ3n) is 1.92. The Morgan fingerprint density at radius 2 is 2.43 bits per heavy atom. The molecule has 1 saturated heterocycles. The number of hydrogen-bond acceptors (Lipinski definition) is 4. The maximum Gasteiger partial charge on any atom is 0.220 e. The number of thioether (sulfide) groups is 1. The van der Waals surface area contributed by atoms with Crippen molar-refractivity contribution in [1.82, 2.24) is 5.32 Å². The lowest BCUT2D eigenvalue weighted by Gasteiger charge is -2.20. The van der Waals surface area contributed by atoms with Gasteiger partial charge in [0.2, 0.25) is 5.91 Å². The van der Waals surface area contributed by atoms with Crippen LogP contribution in [0, 0.1) is 0 Å². The van der Waals surface area contributed by atoms with Crippen LogP contribution in [0.4, 0.5) is 0 Å². The van der Waals surface area contributed by atoms with Crippen molar-refractivity contribution >= 4 is 17.7 Å². The molecule has 1 N–H and O–H groups in total. The van der Waals surface area contributed by atoms with E-state index in [1.165, 1.54) is 0 Å². The van der Waals surface area contributed by atoms with Gasteiger partial charge < -0.3 is 5.32 Å². The predicted octanol–water partition coefficient (Wildman–Crippen LogP) is 0.966. The zero-order chi connectivity index (χ0) is 10.2. The van der Waals surface area contributed by atoms with Gasteiger partial charge in [-0.3, -0.25) is 4.79 Å². The Labute approximate surface area is 88.6 Å². The minimum Gasteiger partial charge on any atom is -0.356 e. The molecule has 1 aliphatic heterocycles. The van der Waals surface area contributed by atoms with E-state index in [1.54, 1.807) is 11.8 Å². The first kappa shape index (κ1) is 11.8. The van der Waals surface area contributed by atoms with Gasteiger partial charge in [-0.25, -0.2) is 9.78 Å². The Bertz CT molecular complexity index is 171. The smallest absolute Gasteiger partial charge is 0.220 e. The predicted molar refractivity (Wildman–Crippen MR) is 56.1 cm³/mol. The lowest BCUT2D eigenvalue weighted by molar-refractivity contribution is -0.310. The summed E-state index contributed by atoms with van der Waals surface area (Å²) >= 11 is 1.79. The van der Waals surface area contributed by atoms with Gasteiger partial charge in [0.15, 0.2) is 0 Å². The van der Waals surface area contributed by atoms with Gasteiger partial charge in [-0.05, 0) is 13.3 Å². The number of rotatable bonds is 5. The molecule has 0 bridgehead atoms. The summed E-state index contributed by atoms with van der Waals surface area (Å²) in [5, 5.41) is 3.26. The van der Waals surface area contributed by atoms with E-state index in [-0.39, 0.29) is 5.91 Å². The molecule has 4 nitrogen and oxygen atoms in total. The first-order valence-electron chi connectivity index (χ1n) is 4.95. The first-order valence-corrected chi connectivity index (χ1v) is 6.00. The van der Waals surface area contributed by atoms with Crippen molar-refractivity contribution in [3.63, 3.8) is 0 Å². The monoisotopic (exact) mass is 219 g/mol. The number of amides is 1. The van der Waals surface area contributed by atoms with Crippen molar-refractivity contribution < 1.29 is 14.6 Å². The fraction of sp³-hybridized carbons (Fsp3) is 0.889. The van der Waals surface area contributed by atoms with E-state index in [0.717, 1.165) is 12.2 Å². The molecule has 82 valence electrons. The lowest BCUT2D eigenvalue weighted by atomic mass is 10.3. The molecule has 0 spiro atoms. The molecule has 1 amide bonds. The second-order valence-corrected chi connectivity index (χ2v) is 4.50. The van der Waals surface area contributed by atoms with Crippen LogP contribution in [0.5, 0.6) is 0 Å². The van der Waals surface area contributed by atoms with Crippen LogP contribution in [0.25, 0.3) is 0 Å². The van der Waals surface area contributed by atoms with Gasteiger partial charge in [0.1, 0.15) is 0 Å². The first-order chi connectivity index (χ1) is 6.83. The van der Waals surface area contributed by atoms with Gasteiger partial charge in [0.05, 0.1) is 13.2 Å². The van der Waals surface area contributed by atoms with E-state index in [0.29, 0.717) is 31.4 Å². The molecular formula is C9H17NO3S. The molecule has 0 aliphatic carbocycles. The quantitative estimate of drug-likeness (QED) is 0.700. The van der Waals surface area contributed by atoms with Crippen LogP contribution in [0.15, 0.2) is 0 Å². The van der Waals surface area contributed by atoms with E-state index < -0.39 is 0 Å². The van der Waals surface area contributed by atoms with Crippen LogP contribution in [-0.4, -0.2) is 36.7 Å². The third-order valence-corrected chi connectivity index (χ3v) is 3.20. The number of nitrogens with one attached hydrogen (secondary N) is 1. The molecule has 5 heteroatoms. The summed E-state index contributed by atoms with van der Waals surface area (Å²) in [5.74, 6) is 0.993. The molecule has 1 aliphatic rings. The van der Waals surface area contributed by atoms with E-state index in [4.69, 9.17) is 9.78 Å². The molecule has 0 aromatic carbocycles. The maximum absolute atomic E-state index is 11.1. The number of carbonyl (C=O) groups excluding carboxylic acids is 1. The zero-order valence-corrected chi connectivity index (χ0v) is 9.27. The average molecular weight is 219 g/mol. The van der Waals surface area contributed by atoms with Gasteiger partial charge in [-0.2, -0.15) is 11.8 Å². The highest BCUT2D eigenvalue weighted by atomic mass is 32.2. The second-order valence-electron chi connectivity index (χ2n) is 3.09. The van der Waals surface area contributed by atoms with Gasteiger partial charge in [-0.1, -0.05) is 0 Å². The summed E-state index contributed by atoms with van der Waals surface area (Å²) in [6.07, 6.45) is 1.61. The maximum atomic E-state index is 11.1. The van der Waals surface area contributed by atoms with Crippen LogP contribution in [0.1, 0.15) is 19.8 Å². The Hall–Kier alpha value is -0.260. The van der Waals surface area contributed by atoms with Gasteiger partial charge in [0.25, 0.3) is 0 Å². The van der Waals surface area contributed by atoms with E-state index in [2.05, 4.69) is 5.32 Å². The second kappa shape index (κ2) is 7.09. The molecule has 0 aromatic heterocycles. The van der Waals surface area contributed by atoms with Crippen molar-refractivity contribution in [2.75, 3.05) is 25.5 Å². The Kier molecular flexibility index (Phi) is 5.98. The van der Waals surface area contributed by atoms with Gasteiger partial charge in [-0.15, -0.1) is 0 Å².